The molecule has 0 saturated carbocycles. The molecule has 0 aliphatic heterocycles. The average molecular weight is 339 g/mol. The van der Waals surface area contributed by atoms with E-state index in [1.165, 1.54) is 23.5 Å². The number of thiazole rings is 1. The third-order valence-electron chi connectivity index (χ3n) is 3.36. The molecule has 1 aromatic heterocycles. The highest BCUT2D eigenvalue weighted by atomic mass is 32.1. The van der Waals surface area contributed by atoms with Crippen LogP contribution in [0.25, 0.3) is 23.4 Å². The molecule has 5 heteroatoms. The van der Waals surface area contributed by atoms with Gasteiger partial charge in [0.15, 0.2) is 0 Å². The summed E-state index contributed by atoms with van der Waals surface area (Å²) in [6, 6.07) is 15.7. The first-order chi connectivity index (χ1) is 11.6. The maximum absolute atomic E-state index is 13.1. The van der Waals surface area contributed by atoms with E-state index < -0.39 is 5.97 Å². The minimum atomic E-state index is -0.916. The van der Waals surface area contributed by atoms with Crippen LogP contribution < -0.4 is 0 Å². The summed E-state index contributed by atoms with van der Waals surface area (Å²) in [5.41, 5.74) is 2.34. The lowest BCUT2D eigenvalue weighted by molar-refractivity contribution is -0.136. The van der Waals surface area contributed by atoms with Crippen LogP contribution in [0, 0.1) is 5.82 Å². The number of benzene rings is 2. The second-order valence-corrected chi connectivity index (χ2v) is 6.26. The van der Waals surface area contributed by atoms with E-state index in [2.05, 4.69) is 4.98 Å². The maximum Gasteiger partial charge on any atom is 0.308 e. The van der Waals surface area contributed by atoms with E-state index in [1.807, 2.05) is 42.5 Å². The van der Waals surface area contributed by atoms with Crippen molar-refractivity contribution in [3.63, 3.8) is 0 Å². The largest absolute Gasteiger partial charge is 0.481 e. The van der Waals surface area contributed by atoms with Gasteiger partial charge in [0.2, 0.25) is 0 Å². The molecule has 0 amide bonds. The minimum absolute atomic E-state index is 0.108. The van der Waals surface area contributed by atoms with E-state index in [0.717, 1.165) is 10.6 Å². The normalized spacial score (nSPS) is 11.0. The van der Waals surface area contributed by atoms with Gasteiger partial charge in [-0.3, -0.25) is 4.79 Å². The topological polar surface area (TPSA) is 50.2 Å². The van der Waals surface area contributed by atoms with Crippen LogP contribution in [0.1, 0.15) is 15.4 Å². The van der Waals surface area contributed by atoms with Gasteiger partial charge in [-0.05, 0) is 35.9 Å². The van der Waals surface area contributed by atoms with E-state index in [1.54, 1.807) is 12.1 Å². The standard InChI is InChI=1S/C19H14FNO2S/c20-15-9-7-14(8-10-15)19-16(12-18(22)23)24-17(21-19)11-6-13-4-2-1-3-5-13/h1-11H,12H2,(H,22,23)/b11-6+. The Balaban J connectivity index is 1.95. The Bertz CT molecular complexity index is 870. The van der Waals surface area contributed by atoms with Gasteiger partial charge in [-0.1, -0.05) is 36.4 Å². The highest BCUT2D eigenvalue weighted by Gasteiger charge is 2.15. The predicted molar refractivity (Wildman–Crippen MR) is 94.2 cm³/mol. The monoisotopic (exact) mass is 339 g/mol. The van der Waals surface area contributed by atoms with Gasteiger partial charge >= 0.3 is 5.97 Å². The van der Waals surface area contributed by atoms with Gasteiger partial charge in [0, 0.05) is 10.4 Å². The smallest absolute Gasteiger partial charge is 0.308 e. The Morgan fingerprint density at radius 3 is 2.46 bits per heavy atom. The van der Waals surface area contributed by atoms with Crippen LogP contribution in [-0.2, 0) is 11.2 Å². The zero-order valence-electron chi connectivity index (χ0n) is 12.6. The Labute approximate surface area is 142 Å². The number of hydrogen-bond acceptors (Lipinski definition) is 3. The van der Waals surface area contributed by atoms with Crippen molar-refractivity contribution in [1.82, 2.24) is 4.98 Å². The number of hydrogen-bond donors (Lipinski definition) is 1. The van der Waals surface area contributed by atoms with Gasteiger partial charge in [0.05, 0.1) is 12.1 Å². The number of carboxylic acids is 1. The van der Waals surface area contributed by atoms with Crippen molar-refractivity contribution in [3.05, 3.63) is 75.9 Å². The van der Waals surface area contributed by atoms with Gasteiger partial charge in [0.25, 0.3) is 0 Å². The van der Waals surface area contributed by atoms with Crippen LogP contribution in [-0.4, -0.2) is 16.1 Å². The summed E-state index contributed by atoms with van der Waals surface area (Å²) in [5, 5.41) is 9.82. The van der Waals surface area contributed by atoms with Crippen LogP contribution in [0.3, 0.4) is 0 Å². The molecule has 1 heterocycles. The van der Waals surface area contributed by atoms with Crippen molar-refractivity contribution in [3.8, 4) is 11.3 Å². The lowest BCUT2D eigenvalue weighted by Gasteiger charge is -2.00. The van der Waals surface area contributed by atoms with Gasteiger partial charge < -0.3 is 5.11 Å². The second kappa shape index (κ2) is 7.19. The summed E-state index contributed by atoms with van der Waals surface area (Å²) in [4.78, 5) is 16.3. The molecule has 0 atom stereocenters. The summed E-state index contributed by atoms with van der Waals surface area (Å²) in [6.07, 6.45) is 3.68. The molecule has 0 unspecified atom stereocenters. The number of nitrogens with zero attached hydrogens (tertiary/aromatic N) is 1. The Morgan fingerprint density at radius 1 is 1.08 bits per heavy atom. The third kappa shape index (κ3) is 3.94. The first kappa shape index (κ1) is 16.1. The van der Waals surface area contributed by atoms with Crippen molar-refractivity contribution in [2.24, 2.45) is 0 Å². The zero-order valence-corrected chi connectivity index (χ0v) is 13.5. The third-order valence-corrected chi connectivity index (χ3v) is 4.38. The quantitative estimate of drug-likeness (QED) is 0.730. The molecule has 0 aliphatic rings. The molecular formula is C19H14FNO2S. The van der Waals surface area contributed by atoms with E-state index in [9.17, 15) is 9.18 Å². The molecule has 3 rings (SSSR count). The van der Waals surface area contributed by atoms with E-state index in [4.69, 9.17) is 5.11 Å². The predicted octanol–water partition coefficient (Wildman–Crippen LogP) is 4.75. The maximum atomic E-state index is 13.1. The van der Waals surface area contributed by atoms with Gasteiger partial charge in [-0.15, -0.1) is 11.3 Å². The number of halogens is 1. The van der Waals surface area contributed by atoms with E-state index in [-0.39, 0.29) is 12.2 Å². The van der Waals surface area contributed by atoms with Gasteiger partial charge in [-0.2, -0.15) is 0 Å². The molecule has 2 aromatic carbocycles. The summed E-state index contributed by atoms with van der Waals surface area (Å²) >= 11 is 1.33. The summed E-state index contributed by atoms with van der Waals surface area (Å²) < 4.78 is 13.1. The van der Waals surface area contributed by atoms with Crippen molar-refractivity contribution in [2.75, 3.05) is 0 Å². The molecule has 0 spiro atoms. The molecule has 120 valence electrons. The Hall–Kier alpha value is -2.79. The Kier molecular flexibility index (Phi) is 4.82. The van der Waals surface area contributed by atoms with Gasteiger partial charge in [-0.25, -0.2) is 9.37 Å². The molecule has 1 N–H and O–H groups in total. The number of aromatic nitrogens is 1. The van der Waals surface area contributed by atoms with Crippen LogP contribution in [0.4, 0.5) is 4.39 Å². The SMILES string of the molecule is O=C(O)Cc1sc(/C=C/c2ccccc2)nc1-c1ccc(F)cc1. The van der Waals surface area contributed by atoms with Crippen molar-refractivity contribution in [1.29, 1.82) is 0 Å². The average Bonchev–Trinajstić information content (AvgIpc) is 2.97. The van der Waals surface area contributed by atoms with Crippen LogP contribution >= 0.6 is 11.3 Å². The first-order valence-electron chi connectivity index (χ1n) is 7.32. The first-order valence-corrected chi connectivity index (χ1v) is 8.14. The molecular weight excluding hydrogens is 325 g/mol. The zero-order chi connectivity index (χ0) is 16.9. The fourth-order valence-corrected chi connectivity index (χ4v) is 3.24. The van der Waals surface area contributed by atoms with Crippen molar-refractivity contribution in [2.45, 2.75) is 6.42 Å². The lowest BCUT2D eigenvalue weighted by Crippen LogP contribution is -1.99. The molecule has 24 heavy (non-hydrogen) atoms. The number of carboxylic acid groups (broad SMARTS) is 1. The molecule has 0 radical (unpaired) electrons. The molecule has 0 saturated heterocycles. The fraction of sp³-hybridized carbons (Fsp3) is 0.0526. The molecule has 3 aromatic rings. The minimum Gasteiger partial charge on any atom is -0.481 e. The number of rotatable bonds is 5. The second-order valence-electron chi connectivity index (χ2n) is 5.15. The molecule has 0 fully saturated rings. The Morgan fingerprint density at radius 2 is 1.79 bits per heavy atom. The van der Waals surface area contributed by atoms with Crippen LogP contribution in [0.2, 0.25) is 0 Å². The van der Waals surface area contributed by atoms with Crippen LogP contribution in [0.15, 0.2) is 54.6 Å². The van der Waals surface area contributed by atoms with Crippen molar-refractivity contribution < 1.29 is 14.3 Å². The number of aliphatic carboxylic acids is 1. The van der Waals surface area contributed by atoms with E-state index in [0.29, 0.717) is 16.1 Å². The molecule has 3 nitrogen and oxygen atoms in total. The lowest BCUT2D eigenvalue weighted by atomic mass is 10.1. The summed E-state index contributed by atoms with van der Waals surface area (Å²) in [6.45, 7) is 0. The highest BCUT2D eigenvalue weighted by molar-refractivity contribution is 7.13. The number of carbonyl (C=O) groups is 1. The molecule has 0 bridgehead atoms. The van der Waals surface area contributed by atoms with Crippen LogP contribution in [0.5, 0.6) is 0 Å². The van der Waals surface area contributed by atoms with E-state index >= 15 is 0 Å². The highest BCUT2D eigenvalue weighted by Crippen LogP contribution is 2.30. The summed E-state index contributed by atoms with van der Waals surface area (Å²) in [7, 11) is 0. The van der Waals surface area contributed by atoms with Crippen molar-refractivity contribution >= 4 is 29.5 Å². The molecule has 0 aliphatic carbocycles. The fourth-order valence-electron chi connectivity index (χ4n) is 2.26. The summed E-state index contributed by atoms with van der Waals surface area (Å²) in [5.74, 6) is -1.25. The van der Waals surface area contributed by atoms with Gasteiger partial charge in [0.1, 0.15) is 10.8 Å².